The van der Waals surface area contributed by atoms with Crippen LogP contribution in [0.2, 0.25) is 0 Å². The molecule has 1 aromatic rings. The smallest absolute Gasteiger partial charge is 0.0486 e. The second kappa shape index (κ2) is 4.40. The second-order valence-corrected chi connectivity index (χ2v) is 3.96. The number of likely N-dealkylation sites (N-methyl/N-ethyl adjacent to an activating group) is 1. The highest BCUT2D eigenvalue weighted by atomic mass is 15.1. The van der Waals surface area contributed by atoms with Gasteiger partial charge in [0.15, 0.2) is 0 Å². The first-order chi connectivity index (χ1) is 7.74. The van der Waals surface area contributed by atoms with Crippen LogP contribution in [0.1, 0.15) is 18.1 Å². The zero-order chi connectivity index (χ0) is 11.5. The lowest BCUT2D eigenvalue weighted by molar-refractivity contribution is 0.530. The van der Waals surface area contributed by atoms with Crippen molar-refractivity contribution in [1.82, 2.24) is 4.90 Å². The van der Waals surface area contributed by atoms with Crippen molar-refractivity contribution >= 4 is 5.70 Å². The van der Waals surface area contributed by atoms with Gasteiger partial charge >= 0.3 is 0 Å². The van der Waals surface area contributed by atoms with E-state index < -0.39 is 0 Å². The van der Waals surface area contributed by atoms with Gasteiger partial charge in [0.25, 0.3) is 0 Å². The quantitative estimate of drug-likeness (QED) is 0.720. The lowest BCUT2D eigenvalue weighted by atomic mass is 10.0. The molecule has 0 N–H and O–H groups in total. The van der Waals surface area contributed by atoms with Crippen LogP contribution < -0.4 is 0 Å². The molecule has 0 atom stereocenters. The highest BCUT2D eigenvalue weighted by molar-refractivity contribution is 5.71. The Morgan fingerprint density at radius 3 is 2.69 bits per heavy atom. The highest BCUT2D eigenvalue weighted by Crippen LogP contribution is 2.28. The number of benzene rings is 1. The van der Waals surface area contributed by atoms with Crippen molar-refractivity contribution < 1.29 is 0 Å². The minimum absolute atomic E-state index is 0.948. The second-order valence-electron chi connectivity index (χ2n) is 3.96. The van der Waals surface area contributed by atoms with E-state index in [9.17, 15) is 0 Å². The maximum Gasteiger partial charge on any atom is 0.0486 e. The fraction of sp³-hybridized carbons (Fsp3) is 0.200. The van der Waals surface area contributed by atoms with Crippen LogP contribution >= 0.6 is 0 Å². The molecule has 1 aliphatic rings. The van der Waals surface area contributed by atoms with Crippen molar-refractivity contribution in [3.05, 3.63) is 65.9 Å². The Kier molecular flexibility index (Phi) is 2.95. The molecule has 1 aliphatic heterocycles. The lowest BCUT2D eigenvalue weighted by Gasteiger charge is -2.29. The SMILES string of the molecule is C=C1C=CC=C(c2ccccc2C)N1CC. The molecule has 0 saturated carbocycles. The number of hydrogen-bond acceptors (Lipinski definition) is 1. The summed E-state index contributed by atoms with van der Waals surface area (Å²) in [6, 6.07) is 8.46. The van der Waals surface area contributed by atoms with Crippen molar-refractivity contribution in [3.63, 3.8) is 0 Å². The van der Waals surface area contributed by atoms with Crippen molar-refractivity contribution in [2.24, 2.45) is 0 Å². The molecular weight excluding hydrogens is 194 g/mol. The van der Waals surface area contributed by atoms with Crippen molar-refractivity contribution in [3.8, 4) is 0 Å². The van der Waals surface area contributed by atoms with Gasteiger partial charge in [-0.1, -0.05) is 36.9 Å². The molecule has 1 nitrogen and oxygen atoms in total. The molecular formula is C15H17N. The average Bonchev–Trinajstić information content (AvgIpc) is 2.29. The molecule has 16 heavy (non-hydrogen) atoms. The average molecular weight is 211 g/mol. The van der Waals surface area contributed by atoms with Gasteiger partial charge in [0.2, 0.25) is 0 Å². The van der Waals surface area contributed by atoms with E-state index >= 15 is 0 Å². The fourth-order valence-corrected chi connectivity index (χ4v) is 2.05. The summed E-state index contributed by atoms with van der Waals surface area (Å²) in [5, 5.41) is 0. The molecule has 1 heterocycles. The van der Waals surface area contributed by atoms with Crippen LogP contribution in [-0.2, 0) is 0 Å². The third kappa shape index (κ3) is 1.81. The first kappa shape index (κ1) is 10.7. The van der Waals surface area contributed by atoms with E-state index in [0.29, 0.717) is 0 Å². The van der Waals surface area contributed by atoms with Crippen LogP contribution in [0.5, 0.6) is 0 Å². The Morgan fingerprint density at radius 2 is 2.00 bits per heavy atom. The van der Waals surface area contributed by atoms with E-state index in [1.807, 2.05) is 6.08 Å². The molecule has 0 spiro atoms. The molecule has 0 aromatic heterocycles. The number of nitrogens with zero attached hydrogens (tertiary/aromatic N) is 1. The van der Waals surface area contributed by atoms with Gasteiger partial charge < -0.3 is 4.90 Å². The molecule has 0 amide bonds. The molecule has 0 saturated heterocycles. The van der Waals surface area contributed by atoms with Gasteiger partial charge in [-0.2, -0.15) is 0 Å². The van der Waals surface area contributed by atoms with E-state index in [1.54, 1.807) is 0 Å². The van der Waals surface area contributed by atoms with Crippen molar-refractivity contribution in [1.29, 1.82) is 0 Å². The first-order valence-electron chi connectivity index (χ1n) is 5.65. The summed E-state index contributed by atoms with van der Waals surface area (Å²) in [6.07, 6.45) is 6.27. The Labute approximate surface area is 97.4 Å². The third-order valence-corrected chi connectivity index (χ3v) is 2.92. The maximum absolute atomic E-state index is 4.07. The zero-order valence-electron chi connectivity index (χ0n) is 9.90. The lowest BCUT2D eigenvalue weighted by Crippen LogP contribution is -2.21. The van der Waals surface area contributed by atoms with Gasteiger partial charge in [-0.15, -0.1) is 0 Å². The summed E-state index contributed by atoms with van der Waals surface area (Å²) in [5.74, 6) is 0. The topological polar surface area (TPSA) is 3.24 Å². The predicted octanol–water partition coefficient (Wildman–Crippen LogP) is 3.74. The van der Waals surface area contributed by atoms with Gasteiger partial charge in [0, 0.05) is 23.5 Å². The van der Waals surface area contributed by atoms with Crippen molar-refractivity contribution in [2.45, 2.75) is 13.8 Å². The molecule has 0 fully saturated rings. The number of rotatable bonds is 2. The number of aryl methyl sites for hydroxylation is 1. The highest BCUT2D eigenvalue weighted by Gasteiger charge is 2.14. The van der Waals surface area contributed by atoms with E-state index in [4.69, 9.17) is 0 Å². The van der Waals surface area contributed by atoms with Crippen LogP contribution in [0, 0.1) is 6.92 Å². The standard InChI is InChI=1S/C15H17N/c1-4-16-13(3)9-7-11-15(16)14-10-6-5-8-12(14)2/h5-11H,3-4H2,1-2H3. The number of hydrogen-bond donors (Lipinski definition) is 0. The van der Waals surface area contributed by atoms with E-state index in [-0.39, 0.29) is 0 Å². The minimum Gasteiger partial charge on any atom is -0.342 e. The third-order valence-electron chi connectivity index (χ3n) is 2.92. The van der Waals surface area contributed by atoms with Gasteiger partial charge in [0.1, 0.15) is 0 Å². The molecule has 0 aliphatic carbocycles. The molecule has 0 unspecified atom stereocenters. The molecule has 1 heteroatoms. The molecule has 2 rings (SSSR count). The zero-order valence-corrected chi connectivity index (χ0v) is 9.90. The van der Waals surface area contributed by atoms with E-state index in [2.05, 4.69) is 61.7 Å². The molecule has 82 valence electrons. The first-order valence-corrected chi connectivity index (χ1v) is 5.65. The van der Waals surface area contributed by atoms with Crippen LogP contribution in [-0.4, -0.2) is 11.4 Å². The Hall–Kier alpha value is -1.76. The number of allylic oxidation sites excluding steroid dienone is 3. The molecule has 1 aromatic carbocycles. The predicted molar refractivity (Wildman–Crippen MR) is 69.8 cm³/mol. The van der Waals surface area contributed by atoms with Gasteiger partial charge in [-0.25, -0.2) is 0 Å². The van der Waals surface area contributed by atoms with Gasteiger partial charge in [-0.3, -0.25) is 0 Å². The Balaban J connectivity index is 2.47. The Morgan fingerprint density at radius 1 is 1.25 bits per heavy atom. The minimum atomic E-state index is 0.948. The molecule has 0 bridgehead atoms. The fourth-order valence-electron chi connectivity index (χ4n) is 2.05. The van der Waals surface area contributed by atoms with Gasteiger partial charge in [0.05, 0.1) is 0 Å². The summed E-state index contributed by atoms with van der Waals surface area (Å²) in [5.41, 5.74) is 4.89. The van der Waals surface area contributed by atoms with Crippen LogP contribution in [0.3, 0.4) is 0 Å². The summed E-state index contributed by atoms with van der Waals surface area (Å²) < 4.78 is 0. The van der Waals surface area contributed by atoms with Crippen LogP contribution in [0.25, 0.3) is 5.70 Å². The monoisotopic (exact) mass is 211 g/mol. The summed E-state index contributed by atoms with van der Waals surface area (Å²) >= 11 is 0. The maximum atomic E-state index is 4.07. The van der Waals surface area contributed by atoms with E-state index in [0.717, 1.165) is 12.2 Å². The summed E-state index contributed by atoms with van der Waals surface area (Å²) in [7, 11) is 0. The van der Waals surface area contributed by atoms with Crippen LogP contribution in [0.4, 0.5) is 0 Å². The normalized spacial score (nSPS) is 15.2. The summed E-state index contributed by atoms with van der Waals surface area (Å²) in [4.78, 5) is 2.24. The van der Waals surface area contributed by atoms with Crippen molar-refractivity contribution in [2.75, 3.05) is 6.54 Å². The van der Waals surface area contributed by atoms with Gasteiger partial charge in [-0.05, 0) is 31.6 Å². The van der Waals surface area contributed by atoms with E-state index in [1.165, 1.54) is 16.8 Å². The Bertz CT molecular complexity index is 466. The largest absolute Gasteiger partial charge is 0.342 e. The summed E-state index contributed by atoms with van der Waals surface area (Å²) in [6.45, 7) is 9.31. The molecule has 0 radical (unpaired) electrons. The van der Waals surface area contributed by atoms with Crippen LogP contribution in [0.15, 0.2) is 54.8 Å².